The molecule has 2 atom stereocenters. The van der Waals surface area contributed by atoms with Crippen LogP contribution in [0.15, 0.2) is 72.8 Å². The first-order valence-corrected chi connectivity index (χ1v) is 16.9. The number of carbonyl (C=O) groups is 3. The van der Waals surface area contributed by atoms with E-state index in [0.717, 1.165) is 74.2 Å². The van der Waals surface area contributed by atoms with E-state index < -0.39 is 18.2 Å². The van der Waals surface area contributed by atoms with Crippen molar-refractivity contribution < 1.29 is 19.5 Å². The van der Waals surface area contributed by atoms with E-state index in [2.05, 4.69) is 83.2 Å². The highest BCUT2D eigenvalue weighted by atomic mass is 16.4. The molecule has 1 saturated carbocycles. The highest BCUT2D eigenvalue weighted by Gasteiger charge is 2.31. The summed E-state index contributed by atoms with van der Waals surface area (Å²) in [5, 5.41) is 35.5. The Balaban J connectivity index is 1.21. The average Bonchev–Trinajstić information content (AvgIpc) is 3.69. The van der Waals surface area contributed by atoms with Gasteiger partial charge in [-0.25, -0.2) is 4.79 Å². The maximum Gasteiger partial charge on any atom is 0.404 e. The summed E-state index contributed by atoms with van der Waals surface area (Å²) in [7, 11) is 0. The molecule has 2 fully saturated rings. The molecule has 1 aliphatic carbocycles. The lowest BCUT2D eigenvalue weighted by molar-refractivity contribution is -0.128. The SMILES string of the molecule is O=C[C@@H](NC(=O)C1CCC(CNC(=O)O)CC1)C(Nc1ccc(-c2nn[nH]n2)cc1)c1ccc(-c2ccccc2CN2CCNCC2)cc1. The van der Waals surface area contributed by atoms with E-state index in [1.807, 2.05) is 36.4 Å². The van der Waals surface area contributed by atoms with Crippen LogP contribution in [0.25, 0.3) is 22.5 Å². The van der Waals surface area contributed by atoms with Gasteiger partial charge in [0.2, 0.25) is 11.7 Å². The highest BCUT2D eigenvalue weighted by Crippen LogP contribution is 2.31. The highest BCUT2D eigenvalue weighted by molar-refractivity contribution is 5.82. The van der Waals surface area contributed by atoms with Crippen LogP contribution < -0.4 is 21.3 Å². The minimum atomic E-state index is -1.04. The molecule has 6 N–H and O–H groups in total. The number of carbonyl (C=O) groups excluding carboxylic acids is 2. The van der Waals surface area contributed by atoms with E-state index in [4.69, 9.17) is 5.11 Å². The van der Waals surface area contributed by atoms with Crippen molar-refractivity contribution in [2.45, 2.75) is 44.3 Å². The van der Waals surface area contributed by atoms with Crippen LogP contribution in [0, 0.1) is 11.8 Å². The van der Waals surface area contributed by atoms with Crippen LogP contribution in [-0.2, 0) is 16.1 Å². The number of rotatable bonds is 13. The van der Waals surface area contributed by atoms with Gasteiger partial charge in [0.05, 0.1) is 6.04 Å². The lowest BCUT2D eigenvalue weighted by atomic mass is 9.81. The maximum absolute atomic E-state index is 13.5. The molecule has 0 spiro atoms. The third kappa shape index (κ3) is 8.86. The van der Waals surface area contributed by atoms with E-state index in [9.17, 15) is 14.4 Å². The van der Waals surface area contributed by atoms with Crippen LogP contribution in [0.5, 0.6) is 0 Å². The quantitative estimate of drug-likeness (QED) is 0.115. The topological polar surface area (TPSA) is 177 Å². The van der Waals surface area contributed by atoms with E-state index in [1.165, 1.54) is 11.1 Å². The molecule has 49 heavy (non-hydrogen) atoms. The number of amides is 2. The molecule has 0 radical (unpaired) electrons. The van der Waals surface area contributed by atoms with Crippen LogP contribution in [-0.4, -0.2) is 87.7 Å². The minimum absolute atomic E-state index is 0.167. The third-order valence-electron chi connectivity index (χ3n) is 9.59. The Morgan fingerprint density at radius 1 is 0.939 bits per heavy atom. The number of aromatic amines is 1. The number of aromatic nitrogens is 4. The van der Waals surface area contributed by atoms with Crippen molar-refractivity contribution in [1.82, 2.24) is 41.5 Å². The fraction of sp³-hybridized carbons (Fsp3) is 0.389. The first-order chi connectivity index (χ1) is 24.0. The monoisotopic (exact) mass is 665 g/mol. The molecule has 4 aromatic rings. The van der Waals surface area contributed by atoms with Gasteiger partial charge in [-0.05, 0) is 83.3 Å². The molecule has 2 heterocycles. The van der Waals surface area contributed by atoms with Gasteiger partial charge in [-0.1, -0.05) is 48.5 Å². The van der Waals surface area contributed by atoms with Crippen molar-refractivity contribution >= 4 is 24.0 Å². The number of carboxylic acid groups (broad SMARTS) is 1. The molecule has 2 aliphatic rings. The zero-order chi connectivity index (χ0) is 34.0. The van der Waals surface area contributed by atoms with Crippen molar-refractivity contribution in [1.29, 1.82) is 0 Å². The van der Waals surface area contributed by atoms with Gasteiger partial charge in [-0.15, -0.1) is 10.2 Å². The van der Waals surface area contributed by atoms with Gasteiger partial charge in [0.15, 0.2) is 0 Å². The molecule has 0 bridgehead atoms. The first-order valence-electron chi connectivity index (χ1n) is 16.9. The molecule has 1 unspecified atom stereocenters. The van der Waals surface area contributed by atoms with Crippen molar-refractivity contribution in [3.8, 4) is 22.5 Å². The molecule has 13 nitrogen and oxygen atoms in total. The molecule has 1 aliphatic heterocycles. The Labute approximate surface area is 285 Å². The first kappa shape index (κ1) is 33.7. The number of H-pyrrole nitrogens is 1. The molecular weight excluding hydrogens is 622 g/mol. The summed E-state index contributed by atoms with van der Waals surface area (Å²) < 4.78 is 0. The van der Waals surface area contributed by atoms with Gasteiger partial charge in [-0.2, -0.15) is 5.21 Å². The Bertz CT molecular complexity index is 1670. The van der Waals surface area contributed by atoms with Gasteiger partial charge in [0.25, 0.3) is 0 Å². The summed E-state index contributed by atoms with van der Waals surface area (Å²) in [6.07, 6.45) is 2.53. The van der Waals surface area contributed by atoms with E-state index >= 15 is 0 Å². The lowest BCUT2D eigenvalue weighted by Gasteiger charge is -2.31. The number of tetrazole rings is 1. The van der Waals surface area contributed by atoms with Gasteiger partial charge in [-0.3, -0.25) is 9.69 Å². The number of benzene rings is 3. The summed E-state index contributed by atoms with van der Waals surface area (Å²) in [5.41, 5.74) is 5.91. The molecular formula is C36H43N9O4. The zero-order valence-corrected chi connectivity index (χ0v) is 27.3. The lowest BCUT2D eigenvalue weighted by Crippen LogP contribution is -2.46. The van der Waals surface area contributed by atoms with Crippen molar-refractivity contribution in [3.05, 3.63) is 83.9 Å². The molecule has 1 saturated heterocycles. The number of piperazine rings is 1. The van der Waals surface area contributed by atoms with E-state index in [1.54, 1.807) is 0 Å². The zero-order valence-electron chi connectivity index (χ0n) is 27.3. The fourth-order valence-corrected chi connectivity index (χ4v) is 6.82. The predicted molar refractivity (Wildman–Crippen MR) is 185 cm³/mol. The summed E-state index contributed by atoms with van der Waals surface area (Å²) >= 11 is 0. The van der Waals surface area contributed by atoms with Gasteiger partial charge >= 0.3 is 6.09 Å². The molecule has 1 aromatic heterocycles. The Hall–Kier alpha value is -5.14. The fourth-order valence-electron chi connectivity index (χ4n) is 6.82. The Morgan fingerprint density at radius 2 is 1.65 bits per heavy atom. The second kappa shape index (κ2) is 16.3. The van der Waals surface area contributed by atoms with Crippen molar-refractivity contribution in [2.75, 3.05) is 38.0 Å². The van der Waals surface area contributed by atoms with Crippen molar-refractivity contribution in [3.63, 3.8) is 0 Å². The van der Waals surface area contributed by atoms with E-state index in [0.29, 0.717) is 25.2 Å². The smallest absolute Gasteiger partial charge is 0.404 e. The Morgan fingerprint density at radius 3 is 2.33 bits per heavy atom. The van der Waals surface area contributed by atoms with Crippen LogP contribution in [0.2, 0.25) is 0 Å². The standard InChI is InChI=1S/C36H43N9O4/c46-23-32(40-35(47)28-7-5-24(6-8-28)21-38-36(48)49)33(39-30-15-13-27(14-16-30)34-41-43-44-42-34)26-11-9-25(10-12-26)31-4-2-1-3-29(31)22-45-19-17-37-18-20-45/h1-4,9-16,23-24,28,32-33,37-39H,5-8,17-22H2,(H,40,47)(H,48,49)(H,41,42,43,44)/t24?,28?,32-,33?/m1/s1. The number of anilines is 1. The average molecular weight is 666 g/mol. The van der Waals surface area contributed by atoms with Crippen molar-refractivity contribution in [2.24, 2.45) is 11.8 Å². The summed E-state index contributed by atoms with van der Waals surface area (Å²) in [4.78, 5) is 39.6. The predicted octanol–water partition coefficient (Wildman–Crippen LogP) is 3.85. The second-order valence-electron chi connectivity index (χ2n) is 12.8. The maximum atomic E-state index is 13.5. The number of aldehydes is 1. The summed E-state index contributed by atoms with van der Waals surface area (Å²) in [5.74, 6) is 0.266. The summed E-state index contributed by atoms with van der Waals surface area (Å²) in [6.45, 7) is 5.27. The third-order valence-corrected chi connectivity index (χ3v) is 9.59. The largest absolute Gasteiger partial charge is 0.465 e. The Kier molecular flexibility index (Phi) is 11.2. The number of nitrogens with one attached hydrogen (secondary N) is 5. The van der Waals surface area contributed by atoms with Gasteiger partial charge < -0.3 is 31.2 Å². The number of hydrogen-bond acceptors (Lipinski definition) is 9. The number of hydrogen-bond donors (Lipinski definition) is 6. The molecule has 13 heteroatoms. The van der Waals surface area contributed by atoms with Gasteiger partial charge in [0, 0.05) is 56.4 Å². The van der Waals surface area contributed by atoms with Crippen LogP contribution in [0.1, 0.15) is 42.9 Å². The normalized spacial score (nSPS) is 19.3. The second-order valence-corrected chi connectivity index (χ2v) is 12.8. The molecule has 2 amide bonds. The molecule has 3 aromatic carbocycles. The van der Waals surface area contributed by atoms with Crippen LogP contribution in [0.4, 0.5) is 10.5 Å². The van der Waals surface area contributed by atoms with Gasteiger partial charge in [0.1, 0.15) is 12.3 Å². The van der Waals surface area contributed by atoms with E-state index in [-0.39, 0.29) is 17.7 Å². The molecule has 6 rings (SSSR count). The number of nitrogens with zero attached hydrogens (tertiary/aromatic N) is 4. The molecule has 256 valence electrons. The van der Waals surface area contributed by atoms with Crippen LogP contribution >= 0.6 is 0 Å². The minimum Gasteiger partial charge on any atom is -0.465 e. The van der Waals surface area contributed by atoms with Crippen LogP contribution in [0.3, 0.4) is 0 Å². The summed E-state index contributed by atoms with van der Waals surface area (Å²) in [6, 6.07) is 22.8.